The minimum Gasteiger partial charge on any atom is -0.393 e. The third-order valence-corrected chi connectivity index (χ3v) is 4.76. The van der Waals surface area contributed by atoms with Crippen LogP contribution in [0.1, 0.15) is 13.3 Å². The SMILES string of the molecule is CC1CN(CC(=O)NCCSc2ccccc2)CCC1O. The summed E-state index contributed by atoms with van der Waals surface area (Å²) >= 11 is 1.75. The van der Waals surface area contributed by atoms with E-state index in [1.54, 1.807) is 11.8 Å². The number of carbonyl (C=O) groups excluding carboxylic acids is 1. The van der Waals surface area contributed by atoms with Crippen molar-refractivity contribution in [2.45, 2.75) is 24.3 Å². The van der Waals surface area contributed by atoms with Gasteiger partial charge in [-0.25, -0.2) is 0 Å². The number of amides is 1. The Hall–Kier alpha value is -1.04. The van der Waals surface area contributed by atoms with Gasteiger partial charge in [-0.1, -0.05) is 25.1 Å². The van der Waals surface area contributed by atoms with Crippen molar-refractivity contribution in [3.8, 4) is 0 Å². The topological polar surface area (TPSA) is 52.6 Å². The van der Waals surface area contributed by atoms with Gasteiger partial charge in [-0.15, -0.1) is 11.8 Å². The molecule has 4 nitrogen and oxygen atoms in total. The molecule has 1 aromatic rings. The molecule has 1 fully saturated rings. The van der Waals surface area contributed by atoms with Crippen molar-refractivity contribution in [3.63, 3.8) is 0 Å². The minimum atomic E-state index is -0.216. The van der Waals surface area contributed by atoms with Crippen molar-refractivity contribution in [1.29, 1.82) is 0 Å². The summed E-state index contributed by atoms with van der Waals surface area (Å²) in [6.07, 6.45) is 0.546. The average molecular weight is 308 g/mol. The third-order valence-electron chi connectivity index (χ3n) is 3.75. The second-order valence-corrected chi connectivity index (χ2v) is 6.75. The van der Waals surface area contributed by atoms with Crippen molar-refractivity contribution in [1.82, 2.24) is 10.2 Å². The number of rotatable bonds is 6. The fourth-order valence-electron chi connectivity index (χ4n) is 2.50. The second-order valence-electron chi connectivity index (χ2n) is 5.58. The Labute approximate surface area is 130 Å². The Morgan fingerprint density at radius 1 is 1.43 bits per heavy atom. The summed E-state index contributed by atoms with van der Waals surface area (Å²) in [6, 6.07) is 10.2. The van der Waals surface area contributed by atoms with E-state index in [-0.39, 0.29) is 17.9 Å². The monoisotopic (exact) mass is 308 g/mol. The van der Waals surface area contributed by atoms with Crippen molar-refractivity contribution >= 4 is 17.7 Å². The Balaban J connectivity index is 1.59. The highest BCUT2D eigenvalue weighted by molar-refractivity contribution is 7.99. The van der Waals surface area contributed by atoms with Crippen LogP contribution in [0.25, 0.3) is 0 Å². The Morgan fingerprint density at radius 2 is 2.19 bits per heavy atom. The van der Waals surface area contributed by atoms with Crippen LogP contribution in [0.4, 0.5) is 0 Å². The van der Waals surface area contributed by atoms with Gasteiger partial charge in [0.1, 0.15) is 0 Å². The van der Waals surface area contributed by atoms with Gasteiger partial charge in [-0.3, -0.25) is 9.69 Å². The van der Waals surface area contributed by atoms with Gasteiger partial charge in [0.25, 0.3) is 0 Å². The molecule has 2 atom stereocenters. The van der Waals surface area contributed by atoms with Crippen LogP contribution in [0.15, 0.2) is 35.2 Å². The minimum absolute atomic E-state index is 0.0762. The zero-order valence-corrected chi connectivity index (χ0v) is 13.3. The van der Waals surface area contributed by atoms with Crippen LogP contribution in [0.2, 0.25) is 0 Å². The molecule has 116 valence electrons. The highest BCUT2D eigenvalue weighted by atomic mass is 32.2. The molecule has 2 N–H and O–H groups in total. The van der Waals surface area contributed by atoms with Crippen LogP contribution in [0, 0.1) is 5.92 Å². The Morgan fingerprint density at radius 3 is 2.90 bits per heavy atom. The van der Waals surface area contributed by atoms with Crippen molar-refractivity contribution in [2.75, 3.05) is 31.9 Å². The standard InChI is InChI=1S/C16H24N2O2S/c1-13-11-18(9-7-15(13)19)12-16(20)17-8-10-21-14-5-3-2-4-6-14/h2-6,13,15,19H,7-12H2,1H3,(H,17,20). The van der Waals surface area contributed by atoms with Gasteiger partial charge in [-0.2, -0.15) is 0 Å². The van der Waals surface area contributed by atoms with Gasteiger partial charge < -0.3 is 10.4 Å². The molecule has 1 aliphatic rings. The van der Waals surface area contributed by atoms with Gasteiger partial charge in [0.2, 0.25) is 5.91 Å². The molecule has 21 heavy (non-hydrogen) atoms. The lowest BCUT2D eigenvalue weighted by Gasteiger charge is -2.33. The van der Waals surface area contributed by atoms with E-state index in [9.17, 15) is 9.90 Å². The fourth-order valence-corrected chi connectivity index (χ4v) is 3.29. The van der Waals surface area contributed by atoms with Gasteiger partial charge in [0, 0.05) is 30.3 Å². The molecule has 1 heterocycles. The normalized spacial score (nSPS) is 23.0. The number of benzene rings is 1. The molecule has 0 aliphatic carbocycles. The van der Waals surface area contributed by atoms with E-state index in [0.29, 0.717) is 13.1 Å². The van der Waals surface area contributed by atoms with Crippen LogP contribution in [-0.4, -0.2) is 53.9 Å². The van der Waals surface area contributed by atoms with E-state index < -0.39 is 0 Å². The van der Waals surface area contributed by atoms with Crippen molar-refractivity contribution in [2.24, 2.45) is 5.92 Å². The fraction of sp³-hybridized carbons (Fsp3) is 0.562. The molecule has 2 unspecified atom stereocenters. The predicted octanol–water partition coefficient (Wildman–Crippen LogP) is 1.60. The van der Waals surface area contributed by atoms with Crippen molar-refractivity contribution < 1.29 is 9.90 Å². The van der Waals surface area contributed by atoms with Crippen LogP contribution < -0.4 is 5.32 Å². The Bertz CT molecular complexity index is 441. The number of nitrogens with zero attached hydrogens (tertiary/aromatic N) is 1. The van der Waals surface area contributed by atoms with Gasteiger partial charge in [0.05, 0.1) is 12.6 Å². The van der Waals surface area contributed by atoms with E-state index in [0.717, 1.165) is 25.3 Å². The number of hydrogen-bond acceptors (Lipinski definition) is 4. The van der Waals surface area contributed by atoms with Gasteiger partial charge in [-0.05, 0) is 24.5 Å². The molecule has 1 amide bonds. The summed E-state index contributed by atoms with van der Waals surface area (Å²) in [7, 11) is 0. The molecule has 0 saturated carbocycles. The van der Waals surface area contributed by atoms with Crippen LogP contribution in [0.3, 0.4) is 0 Å². The van der Waals surface area contributed by atoms with Crippen LogP contribution in [0.5, 0.6) is 0 Å². The maximum absolute atomic E-state index is 11.9. The number of carbonyl (C=O) groups is 1. The molecule has 5 heteroatoms. The molecule has 0 bridgehead atoms. The first-order chi connectivity index (χ1) is 10.1. The summed E-state index contributed by atoms with van der Waals surface area (Å²) in [5.41, 5.74) is 0. The first-order valence-electron chi connectivity index (χ1n) is 7.50. The smallest absolute Gasteiger partial charge is 0.234 e. The van der Waals surface area contributed by atoms with E-state index in [1.807, 2.05) is 25.1 Å². The first-order valence-corrected chi connectivity index (χ1v) is 8.48. The number of aliphatic hydroxyl groups is 1. The summed E-state index contributed by atoms with van der Waals surface area (Å²) in [6.45, 7) is 4.76. The number of thioether (sulfide) groups is 1. The first kappa shape index (κ1) is 16.3. The third kappa shape index (κ3) is 5.69. The predicted molar refractivity (Wildman–Crippen MR) is 86.4 cm³/mol. The lowest BCUT2D eigenvalue weighted by atomic mass is 9.97. The summed E-state index contributed by atoms with van der Waals surface area (Å²) < 4.78 is 0. The van der Waals surface area contributed by atoms with Crippen LogP contribution in [-0.2, 0) is 4.79 Å². The number of hydrogen-bond donors (Lipinski definition) is 2. The summed E-state index contributed by atoms with van der Waals surface area (Å²) in [5.74, 6) is 1.21. The van der Waals surface area contributed by atoms with E-state index >= 15 is 0 Å². The lowest BCUT2D eigenvalue weighted by molar-refractivity contribution is -0.123. The lowest BCUT2D eigenvalue weighted by Crippen LogP contribution is -2.46. The summed E-state index contributed by atoms with van der Waals surface area (Å²) in [5, 5.41) is 12.6. The van der Waals surface area contributed by atoms with E-state index in [4.69, 9.17) is 0 Å². The van der Waals surface area contributed by atoms with Gasteiger partial charge >= 0.3 is 0 Å². The molecule has 2 rings (SSSR count). The molecule has 0 radical (unpaired) electrons. The van der Waals surface area contributed by atoms with E-state index in [2.05, 4.69) is 22.3 Å². The van der Waals surface area contributed by atoms with Gasteiger partial charge in [0.15, 0.2) is 0 Å². The maximum Gasteiger partial charge on any atom is 0.234 e. The highest BCUT2D eigenvalue weighted by Crippen LogP contribution is 2.16. The second kappa shape index (κ2) is 8.41. The molecular formula is C16H24N2O2S. The number of nitrogens with one attached hydrogen (secondary N) is 1. The molecule has 1 aromatic carbocycles. The highest BCUT2D eigenvalue weighted by Gasteiger charge is 2.25. The summed E-state index contributed by atoms with van der Waals surface area (Å²) in [4.78, 5) is 15.2. The molecule has 0 aromatic heterocycles. The zero-order chi connectivity index (χ0) is 15.1. The largest absolute Gasteiger partial charge is 0.393 e. The average Bonchev–Trinajstić information content (AvgIpc) is 2.49. The van der Waals surface area contributed by atoms with Crippen LogP contribution >= 0.6 is 11.8 Å². The quantitative estimate of drug-likeness (QED) is 0.619. The molecule has 1 saturated heterocycles. The van der Waals surface area contributed by atoms with E-state index in [1.165, 1.54) is 4.90 Å². The number of likely N-dealkylation sites (tertiary alicyclic amines) is 1. The maximum atomic E-state index is 11.9. The Kier molecular flexibility index (Phi) is 6.54. The van der Waals surface area contributed by atoms with Crippen molar-refractivity contribution in [3.05, 3.63) is 30.3 Å². The zero-order valence-electron chi connectivity index (χ0n) is 12.5. The molecule has 0 spiro atoms. The number of aliphatic hydroxyl groups excluding tert-OH is 1. The molecule has 1 aliphatic heterocycles. The number of piperidine rings is 1. The molecular weight excluding hydrogens is 284 g/mol.